The summed E-state index contributed by atoms with van der Waals surface area (Å²) in [6.07, 6.45) is 1.48. The number of nitro groups is 1. The number of para-hydroxylation sites is 1. The van der Waals surface area contributed by atoms with Crippen LogP contribution in [0.2, 0.25) is 22.2 Å². The average Bonchev–Trinajstić information content (AvgIpc) is 3.71. The molecule has 4 heterocycles. The van der Waals surface area contributed by atoms with E-state index in [1.807, 2.05) is 10.6 Å². The second kappa shape index (κ2) is 16.7. The lowest BCUT2D eigenvalue weighted by molar-refractivity contribution is -0.385. The standard InChI is InChI=1S/C37H50N6O8SSi2/c1-23(2)53(24(3)4)48-19-30-32(50-54(51-53,25(5)6)26(7)8)33(52-22-47-18-28-16-12-13-17-29(28)43(45)46)37(49-30)42-21-40-31-34(38-20-39-35(31)42)41-36(44)27-14-10-9-11-15-27/h9-17,20-21,23-26,30,32-33,37H,18-19,22H2,1-8H3,(H,38,39,41,44)/t30-,32+,33?,37-/m1/s1. The Hall–Kier alpha value is -3.56. The number of amides is 1. The number of aromatic nitrogens is 4. The van der Waals surface area contributed by atoms with Crippen LogP contribution in [-0.2, 0) is 29.0 Å². The molecule has 6 rings (SSSR count). The zero-order valence-corrected chi connectivity index (χ0v) is 34.8. The number of nitro benzene ring substituents is 1. The van der Waals surface area contributed by atoms with Gasteiger partial charge in [-0.3, -0.25) is 19.5 Å². The highest BCUT2D eigenvalue weighted by atomic mass is 32.2. The fourth-order valence-electron chi connectivity index (χ4n) is 7.51. The van der Waals surface area contributed by atoms with E-state index in [9.17, 15) is 14.9 Å². The number of nitrogens with one attached hydrogen (secondary N) is 1. The van der Waals surface area contributed by atoms with Crippen molar-refractivity contribution in [2.45, 2.75) is 108 Å². The molecule has 4 aromatic rings. The monoisotopic (exact) mass is 794 g/mol. The lowest BCUT2D eigenvalue weighted by Gasteiger charge is -2.51. The van der Waals surface area contributed by atoms with Crippen molar-refractivity contribution in [1.82, 2.24) is 19.5 Å². The first kappa shape index (κ1) is 40.1. The summed E-state index contributed by atoms with van der Waals surface area (Å²) in [4.78, 5) is 38.0. The van der Waals surface area contributed by atoms with Gasteiger partial charge in [0.1, 0.15) is 12.4 Å². The normalized spacial score (nSPS) is 22.4. The van der Waals surface area contributed by atoms with Crippen LogP contribution in [0.15, 0.2) is 67.3 Å². The average molecular weight is 795 g/mol. The molecule has 0 radical (unpaired) electrons. The molecule has 54 heavy (non-hydrogen) atoms. The van der Waals surface area contributed by atoms with Crippen LogP contribution < -0.4 is 5.32 Å². The van der Waals surface area contributed by atoms with E-state index in [1.165, 1.54) is 24.2 Å². The highest BCUT2D eigenvalue weighted by Crippen LogP contribution is 2.50. The summed E-state index contributed by atoms with van der Waals surface area (Å²) in [7, 11) is -5.87. The summed E-state index contributed by atoms with van der Waals surface area (Å²) < 4.78 is 36.9. The Labute approximate surface area is 322 Å². The molecule has 14 nitrogen and oxygen atoms in total. The van der Waals surface area contributed by atoms with Gasteiger partial charge in [0.05, 0.1) is 47.3 Å². The van der Waals surface area contributed by atoms with Crippen molar-refractivity contribution in [2.24, 2.45) is 0 Å². The minimum atomic E-state index is -3.03. The van der Waals surface area contributed by atoms with E-state index in [-0.39, 0.29) is 64.0 Å². The number of benzene rings is 2. The molecule has 290 valence electrons. The van der Waals surface area contributed by atoms with E-state index in [0.29, 0.717) is 22.3 Å². The molecule has 1 amide bonds. The predicted molar refractivity (Wildman–Crippen MR) is 212 cm³/mol. The third-order valence-electron chi connectivity index (χ3n) is 10.3. The van der Waals surface area contributed by atoms with Gasteiger partial charge in [-0.05, 0) is 40.4 Å². The molecule has 1 unspecified atom stereocenters. The smallest absolute Gasteiger partial charge is 0.335 e. The topological polar surface area (TPSA) is 162 Å². The molecule has 0 spiro atoms. The van der Waals surface area contributed by atoms with Crippen molar-refractivity contribution < 1.29 is 32.2 Å². The molecule has 0 bridgehead atoms. The summed E-state index contributed by atoms with van der Waals surface area (Å²) in [6, 6.07) is 15.5. The summed E-state index contributed by atoms with van der Waals surface area (Å²) >= 11 is 1.50. The van der Waals surface area contributed by atoms with Gasteiger partial charge in [0, 0.05) is 11.6 Å². The molecule has 2 aliphatic rings. The molecule has 2 aromatic carbocycles. The van der Waals surface area contributed by atoms with Gasteiger partial charge in [-0.2, -0.15) is 0 Å². The van der Waals surface area contributed by atoms with Crippen LogP contribution >= 0.6 is 11.8 Å². The maximum Gasteiger partial charge on any atom is 0.335 e. The highest BCUT2D eigenvalue weighted by Gasteiger charge is 2.62. The Bertz CT molecular complexity index is 1920. The highest BCUT2D eigenvalue weighted by molar-refractivity contribution is 7.99. The molecule has 2 aromatic heterocycles. The van der Waals surface area contributed by atoms with E-state index >= 15 is 0 Å². The molecular weight excluding hydrogens is 745 g/mol. The van der Waals surface area contributed by atoms with Gasteiger partial charge in [0.15, 0.2) is 23.2 Å². The van der Waals surface area contributed by atoms with Crippen LogP contribution in [0.3, 0.4) is 0 Å². The summed E-state index contributed by atoms with van der Waals surface area (Å²) in [6.45, 7) is 17.8. The Kier molecular flexibility index (Phi) is 12.4. The van der Waals surface area contributed by atoms with Crippen molar-refractivity contribution in [3.05, 3.63) is 88.5 Å². The predicted octanol–water partition coefficient (Wildman–Crippen LogP) is 8.12. The van der Waals surface area contributed by atoms with Crippen molar-refractivity contribution in [1.29, 1.82) is 0 Å². The van der Waals surface area contributed by atoms with Gasteiger partial charge in [-0.1, -0.05) is 85.7 Å². The number of hydrogen-bond donors (Lipinski definition) is 1. The van der Waals surface area contributed by atoms with Crippen LogP contribution in [0.25, 0.3) is 11.2 Å². The number of thioether (sulfide) groups is 1. The maximum atomic E-state index is 13.1. The summed E-state index contributed by atoms with van der Waals surface area (Å²) in [5.74, 6) is 0.152. The fraction of sp³-hybridized carbons (Fsp3) is 0.514. The SMILES string of the molecule is CC(C)[Si]1(C(C)C)OC[C@H]2O[C@@H](n3cnc4c(NC(=O)c5ccccc5)ncnc43)C(SCOCc3ccccc3[N+](=O)[O-])[C@H]2O[Si](C(C)C)(C(C)C)O1. The van der Waals surface area contributed by atoms with Crippen LogP contribution in [0.5, 0.6) is 0 Å². The number of carbonyl (C=O) groups is 1. The lowest BCUT2D eigenvalue weighted by Crippen LogP contribution is -2.65. The first-order chi connectivity index (χ1) is 25.8. The minimum absolute atomic E-state index is 0.00891. The zero-order valence-electron chi connectivity index (χ0n) is 32.0. The lowest BCUT2D eigenvalue weighted by atomic mass is 10.2. The van der Waals surface area contributed by atoms with Crippen molar-refractivity contribution in [2.75, 3.05) is 17.9 Å². The zero-order chi connectivity index (χ0) is 38.8. The second-order valence-corrected chi connectivity index (χ2v) is 24.9. The van der Waals surface area contributed by atoms with E-state index in [0.717, 1.165) is 0 Å². The first-order valence-electron chi connectivity index (χ1n) is 18.4. The second-order valence-electron chi connectivity index (χ2n) is 15.0. The van der Waals surface area contributed by atoms with Gasteiger partial charge in [0.25, 0.3) is 11.6 Å². The van der Waals surface area contributed by atoms with Crippen molar-refractivity contribution in [3.8, 4) is 0 Å². The van der Waals surface area contributed by atoms with Crippen LogP contribution in [-0.4, -0.2) is 77.5 Å². The molecule has 4 atom stereocenters. The number of anilines is 1. The quantitative estimate of drug-likeness (QED) is 0.0456. The van der Waals surface area contributed by atoms with Gasteiger partial charge in [-0.15, -0.1) is 11.8 Å². The van der Waals surface area contributed by atoms with E-state index < -0.39 is 40.5 Å². The van der Waals surface area contributed by atoms with E-state index in [1.54, 1.807) is 48.8 Å². The molecule has 2 aliphatic heterocycles. The fourth-order valence-corrected chi connectivity index (χ4v) is 19.9. The Morgan fingerprint density at radius 3 is 2.30 bits per heavy atom. The largest absolute Gasteiger partial charge is 0.414 e. The molecule has 2 saturated heterocycles. The first-order valence-corrected chi connectivity index (χ1v) is 23.4. The van der Waals surface area contributed by atoms with Gasteiger partial charge in [-0.25, -0.2) is 15.0 Å². The van der Waals surface area contributed by atoms with Crippen LogP contribution in [0.1, 0.15) is 77.5 Å². The van der Waals surface area contributed by atoms with Crippen LogP contribution in [0, 0.1) is 10.1 Å². The number of nitrogens with zero attached hydrogens (tertiary/aromatic N) is 5. The third-order valence-corrected chi connectivity index (χ3v) is 21.7. The minimum Gasteiger partial charge on any atom is -0.414 e. The third kappa shape index (κ3) is 7.77. The van der Waals surface area contributed by atoms with Crippen molar-refractivity contribution >= 4 is 57.5 Å². The van der Waals surface area contributed by atoms with E-state index in [4.69, 9.17) is 22.4 Å². The number of hydrogen-bond acceptors (Lipinski definition) is 12. The molecule has 17 heteroatoms. The molecular formula is C37H50N6O8SSi2. The Balaban J connectivity index is 1.37. The van der Waals surface area contributed by atoms with Crippen molar-refractivity contribution in [3.63, 3.8) is 0 Å². The summed E-state index contributed by atoms with van der Waals surface area (Å²) in [5.41, 5.74) is 2.39. The number of imidazole rings is 1. The number of carbonyl (C=O) groups excluding carboxylic acids is 1. The Morgan fingerprint density at radius 2 is 1.63 bits per heavy atom. The Morgan fingerprint density at radius 1 is 0.963 bits per heavy atom. The van der Waals surface area contributed by atoms with Gasteiger partial charge in [0.2, 0.25) is 0 Å². The maximum absolute atomic E-state index is 13.1. The molecule has 0 saturated carbocycles. The van der Waals surface area contributed by atoms with E-state index in [2.05, 4.69) is 75.7 Å². The van der Waals surface area contributed by atoms with Gasteiger partial charge < -0.3 is 27.8 Å². The molecule has 0 aliphatic carbocycles. The number of rotatable bonds is 13. The molecule has 1 N–H and O–H groups in total. The van der Waals surface area contributed by atoms with Gasteiger partial charge >= 0.3 is 17.1 Å². The molecule has 2 fully saturated rings. The summed E-state index contributed by atoms with van der Waals surface area (Å²) in [5, 5.41) is 14.2. The van der Waals surface area contributed by atoms with Crippen LogP contribution in [0.4, 0.5) is 11.5 Å². The number of ether oxygens (including phenoxy) is 2. The number of fused-ring (bicyclic) bond motifs is 2.